The number of carbonyl (C=O) groups excluding carboxylic acids is 2. The molecule has 4 aromatic carbocycles. The summed E-state index contributed by atoms with van der Waals surface area (Å²) in [5, 5.41) is 6.89. The van der Waals surface area contributed by atoms with Gasteiger partial charge in [-0.05, 0) is 66.9 Å². The minimum atomic E-state index is -0.396. The van der Waals surface area contributed by atoms with E-state index in [2.05, 4.69) is 15.8 Å². The molecule has 4 aromatic rings. The molecule has 2 N–H and O–H groups in total. The zero-order chi connectivity index (χ0) is 28.2. The lowest BCUT2D eigenvalue weighted by atomic mass is 10.2. The van der Waals surface area contributed by atoms with Gasteiger partial charge in [0.05, 0.1) is 12.8 Å². The Labute approximate surface area is 233 Å². The Morgan fingerprint density at radius 1 is 0.825 bits per heavy atom. The average molecular weight is 538 g/mol. The van der Waals surface area contributed by atoms with Gasteiger partial charge in [-0.25, -0.2) is 5.43 Å². The first kappa shape index (κ1) is 27.9. The smallest absolute Gasteiger partial charge is 0.271 e. The molecule has 0 aliphatic heterocycles. The molecule has 2 amide bonds. The Balaban J connectivity index is 1.31. The zero-order valence-electron chi connectivity index (χ0n) is 22.4. The van der Waals surface area contributed by atoms with Gasteiger partial charge in [0, 0.05) is 11.3 Å². The molecule has 0 atom stereocenters. The third-order valence-electron chi connectivity index (χ3n) is 5.77. The van der Waals surface area contributed by atoms with Crippen molar-refractivity contribution < 1.29 is 23.8 Å². The molecule has 0 aromatic heterocycles. The molecule has 0 aliphatic carbocycles. The van der Waals surface area contributed by atoms with Crippen LogP contribution in [0.1, 0.15) is 34.0 Å². The molecule has 8 heteroatoms. The predicted molar refractivity (Wildman–Crippen MR) is 155 cm³/mol. The van der Waals surface area contributed by atoms with Crippen molar-refractivity contribution in [2.24, 2.45) is 5.10 Å². The number of anilines is 1. The van der Waals surface area contributed by atoms with Gasteiger partial charge in [-0.3, -0.25) is 9.59 Å². The van der Waals surface area contributed by atoms with Gasteiger partial charge in [0.1, 0.15) is 12.4 Å². The summed E-state index contributed by atoms with van der Waals surface area (Å²) in [5.74, 6) is 0.875. The maximum Gasteiger partial charge on any atom is 0.271 e. The van der Waals surface area contributed by atoms with Crippen molar-refractivity contribution in [3.05, 3.63) is 119 Å². The van der Waals surface area contributed by atoms with Crippen molar-refractivity contribution in [2.75, 3.05) is 18.5 Å². The summed E-state index contributed by atoms with van der Waals surface area (Å²) in [7, 11) is 0. The number of benzene rings is 4. The number of rotatable bonds is 12. The number of hydrogen-bond donors (Lipinski definition) is 2. The number of nitrogens with one attached hydrogen (secondary N) is 2. The van der Waals surface area contributed by atoms with Crippen LogP contribution in [-0.2, 0) is 11.4 Å². The third kappa shape index (κ3) is 8.19. The average Bonchev–Trinajstić information content (AvgIpc) is 2.97. The van der Waals surface area contributed by atoms with E-state index in [0.717, 1.165) is 16.8 Å². The zero-order valence-corrected chi connectivity index (χ0v) is 22.4. The Morgan fingerprint density at radius 2 is 1.62 bits per heavy atom. The number of para-hydroxylation sites is 1. The van der Waals surface area contributed by atoms with Gasteiger partial charge in [0.25, 0.3) is 11.8 Å². The highest BCUT2D eigenvalue weighted by Crippen LogP contribution is 2.29. The van der Waals surface area contributed by atoms with Crippen LogP contribution in [0.3, 0.4) is 0 Å². The number of amides is 2. The van der Waals surface area contributed by atoms with E-state index in [-0.39, 0.29) is 12.5 Å². The highest BCUT2D eigenvalue weighted by molar-refractivity contribution is 5.95. The minimum Gasteiger partial charge on any atom is -0.490 e. The number of hydrogen-bond acceptors (Lipinski definition) is 6. The summed E-state index contributed by atoms with van der Waals surface area (Å²) in [4.78, 5) is 25.0. The van der Waals surface area contributed by atoms with Gasteiger partial charge in [-0.1, -0.05) is 60.7 Å². The first-order chi connectivity index (χ1) is 19.5. The molecule has 4 rings (SSSR count). The van der Waals surface area contributed by atoms with Crippen LogP contribution in [-0.4, -0.2) is 31.2 Å². The summed E-state index contributed by atoms with van der Waals surface area (Å²) in [6, 6.07) is 29.4. The van der Waals surface area contributed by atoms with Gasteiger partial charge >= 0.3 is 0 Å². The first-order valence-corrected chi connectivity index (χ1v) is 12.9. The monoisotopic (exact) mass is 537 g/mol. The fourth-order valence-corrected chi connectivity index (χ4v) is 3.74. The second-order valence-electron chi connectivity index (χ2n) is 8.79. The van der Waals surface area contributed by atoms with Crippen molar-refractivity contribution >= 4 is 23.7 Å². The number of aryl methyl sites for hydroxylation is 1. The highest BCUT2D eigenvalue weighted by Gasteiger charge is 2.12. The molecule has 0 heterocycles. The van der Waals surface area contributed by atoms with Crippen LogP contribution in [0.15, 0.2) is 102 Å². The van der Waals surface area contributed by atoms with E-state index in [0.29, 0.717) is 41.6 Å². The molecule has 0 saturated heterocycles. The fraction of sp³-hybridized carbons (Fsp3) is 0.156. The molecule has 0 spiro atoms. The minimum absolute atomic E-state index is 0.140. The Bertz CT molecular complexity index is 1470. The van der Waals surface area contributed by atoms with E-state index in [1.165, 1.54) is 6.21 Å². The maximum atomic E-state index is 12.7. The van der Waals surface area contributed by atoms with Gasteiger partial charge in [0.15, 0.2) is 18.1 Å². The second-order valence-corrected chi connectivity index (χ2v) is 8.79. The van der Waals surface area contributed by atoms with Crippen molar-refractivity contribution in [2.45, 2.75) is 20.5 Å². The topological polar surface area (TPSA) is 98.3 Å². The molecular weight excluding hydrogens is 506 g/mol. The normalized spacial score (nSPS) is 10.7. The molecule has 0 unspecified atom stereocenters. The molecule has 204 valence electrons. The SMILES string of the molecule is CCOc1cc(C(=O)N/N=C/c2cccc(OCC(=O)Nc3ccccc3C)c2)ccc1OCc1ccccc1. The van der Waals surface area contributed by atoms with Crippen LogP contribution in [0.5, 0.6) is 17.2 Å². The van der Waals surface area contributed by atoms with Crippen LogP contribution < -0.4 is 25.0 Å². The fourth-order valence-electron chi connectivity index (χ4n) is 3.74. The standard InChI is InChI=1S/C32H31N3O5/c1-3-38-30-19-26(16-17-29(30)40-21-24-11-5-4-6-12-24)32(37)35-33-20-25-13-9-14-27(18-25)39-22-31(36)34-28-15-8-7-10-23(28)2/h4-20H,3,21-22H2,1-2H3,(H,34,36)(H,35,37)/b33-20+. The van der Waals surface area contributed by atoms with Gasteiger partial charge in [-0.15, -0.1) is 0 Å². The summed E-state index contributed by atoms with van der Waals surface area (Å²) >= 11 is 0. The van der Waals surface area contributed by atoms with Crippen LogP contribution in [0.25, 0.3) is 0 Å². The predicted octanol–water partition coefficient (Wildman–Crippen LogP) is 5.75. The van der Waals surface area contributed by atoms with Crippen LogP contribution in [0.4, 0.5) is 5.69 Å². The summed E-state index contributed by atoms with van der Waals surface area (Å²) < 4.78 is 17.2. The van der Waals surface area contributed by atoms with Gasteiger partial charge in [-0.2, -0.15) is 5.10 Å². The van der Waals surface area contributed by atoms with E-state index in [9.17, 15) is 9.59 Å². The lowest BCUT2D eigenvalue weighted by Crippen LogP contribution is -2.20. The maximum absolute atomic E-state index is 12.7. The van der Waals surface area contributed by atoms with Gasteiger partial charge in [0.2, 0.25) is 0 Å². The molecular formula is C32H31N3O5. The third-order valence-corrected chi connectivity index (χ3v) is 5.77. The number of nitrogens with zero attached hydrogens (tertiary/aromatic N) is 1. The molecule has 0 radical (unpaired) electrons. The van der Waals surface area contributed by atoms with Crippen LogP contribution >= 0.6 is 0 Å². The first-order valence-electron chi connectivity index (χ1n) is 12.9. The number of hydrazone groups is 1. The lowest BCUT2D eigenvalue weighted by Gasteiger charge is -2.13. The van der Waals surface area contributed by atoms with Crippen molar-refractivity contribution in [3.63, 3.8) is 0 Å². The molecule has 8 nitrogen and oxygen atoms in total. The molecule has 0 fully saturated rings. The van der Waals surface area contributed by atoms with E-state index in [4.69, 9.17) is 14.2 Å². The van der Waals surface area contributed by atoms with E-state index in [1.807, 2.05) is 74.5 Å². The number of ether oxygens (including phenoxy) is 3. The quantitative estimate of drug-likeness (QED) is 0.177. The largest absolute Gasteiger partial charge is 0.490 e. The lowest BCUT2D eigenvalue weighted by molar-refractivity contribution is -0.118. The van der Waals surface area contributed by atoms with Crippen LogP contribution in [0, 0.1) is 6.92 Å². The van der Waals surface area contributed by atoms with Gasteiger partial charge < -0.3 is 19.5 Å². The molecule has 0 bridgehead atoms. The van der Waals surface area contributed by atoms with Crippen molar-refractivity contribution in [3.8, 4) is 17.2 Å². The number of carbonyl (C=O) groups is 2. The highest BCUT2D eigenvalue weighted by atomic mass is 16.5. The Hall–Kier alpha value is -5.11. The van der Waals surface area contributed by atoms with E-state index >= 15 is 0 Å². The summed E-state index contributed by atoms with van der Waals surface area (Å²) in [5.41, 5.74) is 6.34. The van der Waals surface area contributed by atoms with Crippen molar-refractivity contribution in [1.29, 1.82) is 0 Å². The second kappa shape index (κ2) is 14.2. The van der Waals surface area contributed by atoms with E-state index in [1.54, 1.807) is 36.4 Å². The van der Waals surface area contributed by atoms with E-state index < -0.39 is 5.91 Å². The summed E-state index contributed by atoms with van der Waals surface area (Å²) in [6.07, 6.45) is 1.50. The Kier molecular flexibility index (Phi) is 9.88. The molecule has 40 heavy (non-hydrogen) atoms. The molecule has 0 saturated carbocycles. The van der Waals surface area contributed by atoms with Crippen molar-refractivity contribution in [1.82, 2.24) is 5.43 Å². The molecule has 0 aliphatic rings. The Morgan fingerprint density at radius 3 is 2.42 bits per heavy atom. The summed E-state index contributed by atoms with van der Waals surface area (Å²) in [6.45, 7) is 4.46. The van der Waals surface area contributed by atoms with Crippen LogP contribution in [0.2, 0.25) is 0 Å².